The number of rotatable bonds is 14. The second kappa shape index (κ2) is 13.5. The minimum Gasteiger partial charge on any atom is -0.494 e. The van der Waals surface area contributed by atoms with Crippen LogP contribution in [0.5, 0.6) is 17.2 Å². The highest BCUT2D eigenvalue weighted by Gasteiger charge is 2.07. The third kappa shape index (κ3) is 7.94. The molecule has 0 aliphatic carbocycles. The molecule has 0 spiro atoms. The summed E-state index contributed by atoms with van der Waals surface area (Å²) in [4.78, 5) is 12.6. The van der Waals surface area contributed by atoms with Crippen LogP contribution in [0, 0.1) is 0 Å². The fraction of sp³-hybridized carbons (Fsp3) is 0.423. The lowest BCUT2D eigenvalue weighted by molar-refractivity contribution is 0.104. The van der Waals surface area contributed by atoms with E-state index in [2.05, 4.69) is 20.8 Å². The van der Waals surface area contributed by atoms with Crippen LogP contribution in [0.3, 0.4) is 0 Å². The molecule has 0 aliphatic heterocycles. The van der Waals surface area contributed by atoms with Gasteiger partial charge in [-0.3, -0.25) is 4.79 Å². The molecule has 0 fully saturated rings. The topological polar surface area (TPSA) is 44.8 Å². The summed E-state index contributed by atoms with van der Waals surface area (Å²) in [6.45, 7) is 8.34. The smallest absolute Gasteiger partial charge is 0.185 e. The normalized spacial score (nSPS) is 10.9. The van der Waals surface area contributed by atoms with E-state index in [0.29, 0.717) is 25.4 Å². The maximum atomic E-state index is 12.6. The molecule has 0 radical (unpaired) electrons. The summed E-state index contributed by atoms with van der Waals surface area (Å²) in [6.07, 6.45) is 8.50. The number of hydrogen-bond acceptors (Lipinski definition) is 4. The second-order valence-electron chi connectivity index (χ2n) is 7.17. The number of allylic oxidation sites excluding steroid dienone is 1. The first-order valence-corrected chi connectivity index (χ1v) is 11.0. The minimum absolute atomic E-state index is 0.0557. The van der Waals surface area contributed by atoms with Gasteiger partial charge in [-0.05, 0) is 67.8 Å². The summed E-state index contributed by atoms with van der Waals surface area (Å²) >= 11 is 0. The van der Waals surface area contributed by atoms with E-state index in [1.54, 1.807) is 24.3 Å². The van der Waals surface area contributed by atoms with E-state index in [4.69, 9.17) is 14.2 Å². The van der Waals surface area contributed by atoms with Gasteiger partial charge in [-0.25, -0.2) is 0 Å². The third-order valence-corrected chi connectivity index (χ3v) is 4.53. The molecule has 30 heavy (non-hydrogen) atoms. The van der Waals surface area contributed by atoms with E-state index in [0.717, 1.165) is 54.9 Å². The summed E-state index contributed by atoms with van der Waals surface area (Å²) in [5.74, 6) is 2.26. The SMILES string of the molecule is CCCCOc1ccc(/C=C/C(=O)c2ccc(OCCC)cc2)c(OCCCC)c1. The molecule has 162 valence electrons. The Morgan fingerprint density at radius 3 is 2.07 bits per heavy atom. The molecule has 0 bridgehead atoms. The fourth-order valence-corrected chi connectivity index (χ4v) is 2.73. The Morgan fingerprint density at radius 1 is 0.767 bits per heavy atom. The molecule has 4 heteroatoms. The van der Waals surface area contributed by atoms with Crippen molar-refractivity contribution < 1.29 is 19.0 Å². The Kier molecular flexibility index (Phi) is 10.6. The maximum absolute atomic E-state index is 12.6. The first-order valence-electron chi connectivity index (χ1n) is 11.0. The molecule has 0 atom stereocenters. The zero-order valence-corrected chi connectivity index (χ0v) is 18.5. The molecular formula is C26H34O4. The van der Waals surface area contributed by atoms with Crippen LogP contribution in [0.25, 0.3) is 6.08 Å². The molecule has 4 nitrogen and oxygen atoms in total. The lowest BCUT2D eigenvalue weighted by Gasteiger charge is -2.12. The number of carbonyl (C=O) groups is 1. The van der Waals surface area contributed by atoms with Crippen molar-refractivity contribution in [2.45, 2.75) is 52.9 Å². The van der Waals surface area contributed by atoms with Crippen LogP contribution in [-0.4, -0.2) is 25.6 Å². The van der Waals surface area contributed by atoms with Crippen LogP contribution >= 0.6 is 0 Å². The van der Waals surface area contributed by atoms with E-state index in [1.807, 2.05) is 30.3 Å². The largest absolute Gasteiger partial charge is 0.494 e. The summed E-state index contributed by atoms with van der Waals surface area (Å²) in [6, 6.07) is 13.0. The van der Waals surface area contributed by atoms with Crippen LogP contribution in [0.15, 0.2) is 48.5 Å². The minimum atomic E-state index is -0.0557. The highest BCUT2D eigenvalue weighted by Crippen LogP contribution is 2.27. The molecule has 0 N–H and O–H groups in total. The van der Waals surface area contributed by atoms with Crippen molar-refractivity contribution in [1.29, 1.82) is 0 Å². The predicted molar refractivity (Wildman–Crippen MR) is 123 cm³/mol. The van der Waals surface area contributed by atoms with Gasteiger partial charge in [-0.15, -0.1) is 0 Å². The second-order valence-corrected chi connectivity index (χ2v) is 7.17. The first-order chi connectivity index (χ1) is 14.7. The number of ketones is 1. The number of ether oxygens (including phenoxy) is 3. The number of hydrogen-bond donors (Lipinski definition) is 0. The standard InChI is InChI=1S/C26H34O4/c1-4-7-18-29-24-15-11-22(26(20-24)30-19-8-5-2)12-16-25(27)21-9-13-23(14-10-21)28-17-6-3/h9-16,20H,4-8,17-19H2,1-3H3/b16-12+. The zero-order chi connectivity index (χ0) is 21.6. The molecule has 0 unspecified atom stereocenters. The van der Waals surface area contributed by atoms with E-state index in [9.17, 15) is 4.79 Å². The van der Waals surface area contributed by atoms with Gasteiger partial charge in [0.25, 0.3) is 0 Å². The van der Waals surface area contributed by atoms with Crippen molar-refractivity contribution >= 4 is 11.9 Å². The van der Waals surface area contributed by atoms with E-state index in [1.165, 1.54) is 0 Å². The van der Waals surface area contributed by atoms with Crippen molar-refractivity contribution in [2.75, 3.05) is 19.8 Å². The van der Waals surface area contributed by atoms with E-state index >= 15 is 0 Å². The van der Waals surface area contributed by atoms with Gasteiger partial charge in [0.15, 0.2) is 5.78 Å². The fourth-order valence-electron chi connectivity index (χ4n) is 2.73. The van der Waals surface area contributed by atoms with Crippen LogP contribution in [0.2, 0.25) is 0 Å². The summed E-state index contributed by atoms with van der Waals surface area (Å²) in [5, 5.41) is 0. The highest BCUT2D eigenvalue weighted by atomic mass is 16.5. The summed E-state index contributed by atoms with van der Waals surface area (Å²) < 4.78 is 17.3. The molecule has 0 heterocycles. The van der Waals surface area contributed by atoms with Crippen molar-refractivity contribution in [3.8, 4) is 17.2 Å². The molecule has 2 aromatic rings. The third-order valence-electron chi connectivity index (χ3n) is 4.53. The Labute approximate surface area is 180 Å². The number of unbranched alkanes of at least 4 members (excludes halogenated alkanes) is 2. The van der Waals surface area contributed by atoms with Crippen LogP contribution in [-0.2, 0) is 0 Å². The average molecular weight is 411 g/mol. The van der Waals surface area contributed by atoms with Gasteiger partial charge in [0.05, 0.1) is 19.8 Å². The predicted octanol–water partition coefficient (Wildman–Crippen LogP) is 6.73. The van der Waals surface area contributed by atoms with E-state index < -0.39 is 0 Å². The van der Waals surface area contributed by atoms with Gasteiger partial charge in [-0.1, -0.05) is 33.6 Å². The van der Waals surface area contributed by atoms with Crippen molar-refractivity contribution in [3.63, 3.8) is 0 Å². The molecule has 2 rings (SSSR count). The van der Waals surface area contributed by atoms with Gasteiger partial charge >= 0.3 is 0 Å². The van der Waals surface area contributed by atoms with Gasteiger partial charge in [0.1, 0.15) is 17.2 Å². The molecule has 0 saturated carbocycles. The number of carbonyl (C=O) groups excluding carboxylic acids is 1. The zero-order valence-electron chi connectivity index (χ0n) is 18.5. The van der Waals surface area contributed by atoms with Crippen LogP contribution < -0.4 is 14.2 Å². The van der Waals surface area contributed by atoms with Gasteiger partial charge < -0.3 is 14.2 Å². The maximum Gasteiger partial charge on any atom is 0.185 e. The molecule has 0 aliphatic rings. The molecule has 0 amide bonds. The molecular weight excluding hydrogens is 376 g/mol. The van der Waals surface area contributed by atoms with E-state index in [-0.39, 0.29) is 5.78 Å². The highest BCUT2D eigenvalue weighted by molar-refractivity contribution is 6.07. The first kappa shape index (κ1) is 23.5. The van der Waals surface area contributed by atoms with Gasteiger partial charge in [0, 0.05) is 17.2 Å². The Hall–Kier alpha value is -2.75. The van der Waals surface area contributed by atoms with Crippen LogP contribution in [0.4, 0.5) is 0 Å². The summed E-state index contributed by atoms with van der Waals surface area (Å²) in [7, 11) is 0. The quantitative estimate of drug-likeness (QED) is 0.197. The van der Waals surface area contributed by atoms with Crippen LogP contribution in [0.1, 0.15) is 68.8 Å². The van der Waals surface area contributed by atoms with Crippen molar-refractivity contribution in [3.05, 3.63) is 59.7 Å². The van der Waals surface area contributed by atoms with Gasteiger partial charge in [-0.2, -0.15) is 0 Å². The monoisotopic (exact) mass is 410 g/mol. The van der Waals surface area contributed by atoms with Crippen molar-refractivity contribution in [1.82, 2.24) is 0 Å². The molecule has 2 aromatic carbocycles. The Balaban J connectivity index is 2.09. The Morgan fingerprint density at radius 2 is 1.40 bits per heavy atom. The lowest BCUT2D eigenvalue weighted by atomic mass is 10.1. The molecule has 0 aromatic heterocycles. The Bertz CT molecular complexity index is 793. The molecule has 0 saturated heterocycles. The number of benzene rings is 2. The lowest BCUT2D eigenvalue weighted by Crippen LogP contribution is -2.01. The average Bonchev–Trinajstić information content (AvgIpc) is 2.77. The summed E-state index contributed by atoms with van der Waals surface area (Å²) in [5.41, 5.74) is 1.49. The van der Waals surface area contributed by atoms with Gasteiger partial charge in [0.2, 0.25) is 0 Å². The van der Waals surface area contributed by atoms with Crippen molar-refractivity contribution in [2.24, 2.45) is 0 Å².